The Kier molecular flexibility index (Phi) is 5.66. The Hall–Kier alpha value is -4.28. The zero-order chi connectivity index (χ0) is 23.7. The third-order valence-electron chi connectivity index (χ3n) is 5.82. The molecule has 1 N–H and O–H groups in total. The van der Waals surface area contributed by atoms with Crippen molar-refractivity contribution >= 4 is 22.8 Å². The van der Waals surface area contributed by atoms with E-state index in [9.17, 15) is 14.0 Å². The second-order valence-corrected chi connectivity index (χ2v) is 7.86. The number of benzene rings is 2. The summed E-state index contributed by atoms with van der Waals surface area (Å²) in [4.78, 5) is 38.2. The van der Waals surface area contributed by atoms with Crippen molar-refractivity contribution in [2.45, 2.75) is 6.42 Å². The SMILES string of the molecule is COc1ccc2nc(N3CCCN(C(=O)c4c(F)cccc4-n4nccn4)CC3)[nH]c(=O)c2c1. The summed E-state index contributed by atoms with van der Waals surface area (Å²) in [6.07, 6.45) is 3.56. The van der Waals surface area contributed by atoms with Crippen LogP contribution < -0.4 is 15.2 Å². The molecule has 5 rings (SSSR count). The fraction of sp³-hybridized carbons (Fsp3) is 0.261. The van der Waals surface area contributed by atoms with Crippen LogP contribution in [0.15, 0.2) is 53.6 Å². The molecule has 0 atom stereocenters. The minimum Gasteiger partial charge on any atom is -0.497 e. The van der Waals surface area contributed by atoms with Crippen LogP contribution in [0.5, 0.6) is 5.75 Å². The van der Waals surface area contributed by atoms with Gasteiger partial charge in [0.1, 0.15) is 22.8 Å². The molecule has 174 valence electrons. The first-order valence-corrected chi connectivity index (χ1v) is 10.8. The van der Waals surface area contributed by atoms with Gasteiger partial charge in [0.25, 0.3) is 11.5 Å². The Labute approximate surface area is 193 Å². The Balaban J connectivity index is 1.39. The molecule has 11 heteroatoms. The number of aromatic amines is 1. The summed E-state index contributed by atoms with van der Waals surface area (Å²) in [5, 5.41) is 8.52. The fourth-order valence-corrected chi connectivity index (χ4v) is 4.10. The van der Waals surface area contributed by atoms with Gasteiger partial charge in [0.2, 0.25) is 5.95 Å². The number of nitrogens with one attached hydrogen (secondary N) is 1. The molecule has 0 unspecified atom stereocenters. The lowest BCUT2D eigenvalue weighted by molar-refractivity contribution is 0.0762. The van der Waals surface area contributed by atoms with Crippen LogP contribution in [0.25, 0.3) is 16.6 Å². The van der Waals surface area contributed by atoms with Crippen molar-refractivity contribution in [1.82, 2.24) is 29.9 Å². The number of halogens is 1. The predicted octanol–water partition coefficient (Wildman–Crippen LogP) is 2.00. The van der Waals surface area contributed by atoms with E-state index in [0.717, 1.165) is 0 Å². The zero-order valence-corrected chi connectivity index (χ0v) is 18.4. The second kappa shape index (κ2) is 8.93. The van der Waals surface area contributed by atoms with Crippen molar-refractivity contribution in [3.05, 3.63) is 70.5 Å². The lowest BCUT2D eigenvalue weighted by atomic mass is 10.1. The number of hydrogen-bond acceptors (Lipinski definition) is 7. The van der Waals surface area contributed by atoms with Gasteiger partial charge >= 0.3 is 0 Å². The largest absolute Gasteiger partial charge is 0.497 e. The van der Waals surface area contributed by atoms with Gasteiger partial charge in [-0.25, -0.2) is 9.37 Å². The van der Waals surface area contributed by atoms with Gasteiger partial charge in [-0.05, 0) is 36.8 Å². The number of H-pyrrole nitrogens is 1. The monoisotopic (exact) mass is 463 g/mol. The molecule has 1 aliphatic rings. The van der Waals surface area contributed by atoms with E-state index in [1.54, 1.807) is 29.2 Å². The summed E-state index contributed by atoms with van der Waals surface area (Å²) in [5.41, 5.74) is 0.503. The predicted molar refractivity (Wildman–Crippen MR) is 123 cm³/mol. The van der Waals surface area contributed by atoms with Crippen molar-refractivity contribution < 1.29 is 13.9 Å². The molecule has 2 aromatic carbocycles. The highest BCUT2D eigenvalue weighted by Crippen LogP contribution is 2.22. The smallest absolute Gasteiger partial charge is 0.260 e. The molecule has 1 amide bonds. The van der Waals surface area contributed by atoms with Gasteiger partial charge in [0.05, 0.1) is 30.4 Å². The number of fused-ring (bicyclic) bond motifs is 1. The van der Waals surface area contributed by atoms with Crippen LogP contribution in [0.3, 0.4) is 0 Å². The number of ether oxygens (including phenoxy) is 1. The van der Waals surface area contributed by atoms with E-state index in [1.165, 1.54) is 36.4 Å². The maximum atomic E-state index is 14.8. The molecule has 4 aromatic rings. The Morgan fingerprint density at radius 2 is 1.91 bits per heavy atom. The molecule has 0 saturated carbocycles. The number of nitrogens with zero attached hydrogens (tertiary/aromatic N) is 6. The van der Waals surface area contributed by atoms with Gasteiger partial charge in [0, 0.05) is 26.2 Å². The lowest BCUT2D eigenvalue weighted by Gasteiger charge is -2.23. The van der Waals surface area contributed by atoms with Crippen LogP contribution in [0.1, 0.15) is 16.8 Å². The van der Waals surface area contributed by atoms with Crippen molar-refractivity contribution in [2.24, 2.45) is 0 Å². The van der Waals surface area contributed by atoms with Gasteiger partial charge in [0.15, 0.2) is 0 Å². The standard InChI is InChI=1S/C23H22FN7O3/c1-34-15-6-7-18-16(14-15)21(32)28-23(27-18)30-11-3-10-29(12-13-30)22(33)20-17(24)4-2-5-19(20)31-25-8-9-26-31/h2,4-9,14H,3,10-13H2,1H3,(H,27,28,32). The quantitative estimate of drug-likeness (QED) is 0.493. The molecule has 10 nitrogen and oxygen atoms in total. The van der Waals surface area contributed by atoms with Gasteiger partial charge in [-0.2, -0.15) is 15.0 Å². The summed E-state index contributed by atoms with van der Waals surface area (Å²) in [7, 11) is 1.54. The molecular weight excluding hydrogens is 441 g/mol. The van der Waals surface area contributed by atoms with Crippen LogP contribution in [-0.4, -0.2) is 69.1 Å². The van der Waals surface area contributed by atoms with Gasteiger partial charge < -0.3 is 14.5 Å². The maximum Gasteiger partial charge on any atom is 0.260 e. The number of rotatable bonds is 4. The van der Waals surface area contributed by atoms with Crippen LogP contribution in [0, 0.1) is 5.82 Å². The molecule has 3 heterocycles. The van der Waals surface area contributed by atoms with E-state index in [1.807, 2.05) is 4.90 Å². The maximum absolute atomic E-state index is 14.8. The Morgan fingerprint density at radius 3 is 2.71 bits per heavy atom. The molecule has 1 fully saturated rings. The first kappa shape index (κ1) is 21.6. The van der Waals surface area contributed by atoms with Crippen LogP contribution in [-0.2, 0) is 0 Å². The number of aromatic nitrogens is 5. The summed E-state index contributed by atoms with van der Waals surface area (Å²) < 4.78 is 19.9. The normalized spacial score (nSPS) is 14.3. The fourth-order valence-electron chi connectivity index (χ4n) is 4.10. The van der Waals surface area contributed by atoms with E-state index in [0.29, 0.717) is 55.2 Å². The number of hydrogen-bond donors (Lipinski definition) is 1. The van der Waals surface area contributed by atoms with E-state index in [-0.39, 0.29) is 16.8 Å². The van der Waals surface area contributed by atoms with Crippen LogP contribution in [0.4, 0.5) is 10.3 Å². The Bertz CT molecular complexity index is 1400. The number of amides is 1. The summed E-state index contributed by atoms with van der Waals surface area (Å²) >= 11 is 0. The average Bonchev–Trinajstić information content (AvgIpc) is 3.27. The minimum atomic E-state index is -0.628. The van der Waals surface area contributed by atoms with Gasteiger partial charge in [-0.3, -0.25) is 14.6 Å². The molecule has 0 radical (unpaired) electrons. The summed E-state index contributed by atoms with van der Waals surface area (Å²) in [5.74, 6) is -0.0465. The first-order chi connectivity index (χ1) is 16.5. The second-order valence-electron chi connectivity index (χ2n) is 7.86. The van der Waals surface area contributed by atoms with Gasteiger partial charge in [-0.15, -0.1) is 0 Å². The van der Waals surface area contributed by atoms with Crippen molar-refractivity contribution in [3.8, 4) is 11.4 Å². The topological polar surface area (TPSA) is 109 Å². The number of carbonyl (C=O) groups is 1. The van der Waals surface area contributed by atoms with E-state index in [4.69, 9.17) is 4.74 Å². The van der Waals surface area contributed by atoms with E-state index >= 15 is 0 Å². The molecule has 0 aliphatic carbocycles. The van der Waals surface area contributed by atoms with Crippen LogP contribution >= 0.6 is 0 Å². The third-order valence-corrected chi connectivity index (χ3v) is 5.82. The number of anilines is 1. The average molecular weight is 463 g/mol. The number of methoxy groups -OCH3 is 1. The molecule has 0 bridgehead atoms. The van der Waals surface area contributed by atoms with E-state index < -0.39 is 11.7 Å². The van der Waals surface area contributed by atoms with Crippen molar-refractivity contribution in [1.29, 1.82) is 0 Å². The molecule has 2 aromatic heterocycles. The summed E-state index contributed by atoms with van der Waals surface area (Å²) in [6.45, 7) is 1.79. The van der Waals surface area contributed by atoms with Gasteiger partial charge in [-0.1, -0.05) is 6.07 Å². The molecule has 1 aliphatic heterocycles. The lowest BCUT2D eigenvalue weighted by Crippen LogP contribution is -2.37. The molecule has 1 saturated heterocycles. The molecular formula is C23H22FN7O3. The minimum absolute atomic E-state index is 0.0710. The van der Waals surface area contributed by atoms with Crippen molar-refractivity contribution in [2.75, 3.05) is 38.2 Å². The zero-order valence-electron chi connectivity index (χ0n) is 18.4. The Morgan fingerprint density at radius 1 is 1.09 bits per heavy atom. The summed E-state index contributed by atoms with van der Waals surface area (Å²) in [6, 6.07) is 9.52. The number of carbonyl (C=O) groups excluding carboxylic acids is 1. The highest BCUT2D eigenvalue weighted by Gasteiger charge is 2.27. The highest BCUT2D eigenvalue weighted by atomic mass is 19.1. The van der Waals surface area contributed by atoms with E-state index in [2.05, 4.69) is 20.2 Å². The first-order valence-electron chi connectivity index (χ1n) is 10.8. The molecule has 0 spiro atoms. The third kappa shape index (κ3) is 3.96. The highest BCUT2D eigenvalue weighted by molar-refractivity contribution is 5.98. The van der Waals surface area contributed by atoms with Crippen molar-refractivity contribution in [3.63, 3.8) is 0 Å². The van der Waals surface area contributed by atoms with Crippen LogP contribution in [0.2, 0.25) is 0 Å². The molecule has 34 heavy (non-hydrogen) atoms.